The Balaban J connectivity index is 2.00. The Morgan fingerprint density at radius 3 is 1.81 bits per heavy atom. The molecular formula is C20H39O9PS. The van der Waals surface area contributed by atoms with Crippen molar-refractivity contribution in [2.45, 2.75) is 115 Å². The SMILES string of the molecule is C[C@@H]1O[C@H](COP(O)(=S)OC2[C@@H](COC(C)(C)C)O[C@@H](C)[C@H]2O)C(OC(C)(C)C)[C@@H]1O. The molecule has 0 aromatic rings. The fourth-order valence-corrected chi connectivity index (χ4v) is 4.92. The predicted molar refractivity (Wildman–Crippen MR) is 118 cm³/mol. The normalized spacial score (nSPS) is 39.1. The summed E-state index contributed by atoms with van der Waals surface area (Å²) in [5, 5.41) is 20.9. The van der Waals surface area contributed by atoms with E-state index in [1.54, 1.807) is 13.8 Å². The highest BCUT2D eigenvalue weighted by Gasteiger charge is 2.47. The van der Waals surface area contributed by atoms with E-state index in [1.807, 2.05) is 41.5 Å². The van der Waals surface area contributed by atoms with Gasteiger partial charge in [0.05, 0.1) is 36.6 Å². The van der Waals surface area contributed by atoms with Gasteiger partial charge in [-0.3, -0.25) is 4.52 Å². The van der Waals surface area contributed by atoms with Gasteiger partial charge >= 0.3 is 6.72 Å². The quantitative estimate of drug-likeness (QED) is 0.439. The van der Waals surface area contributed by atoms with Gasteiger partial charge in [0.25, 0.3) is 0 Å². The molecule has 2 rings (SSSR count). The van der Waals surface area contributed by atoms with Crippen LogP contribution in [0.4, 0.5) is 0 Å². The molecule has 2 aliphatic rings. The van der Waals surface area contributed by atoms with Crippen LogP contribution in [0.25, 0.3) is 0 Å². The van der Waals surface area contributed by atoms with E-state index in [0.717, 1.165) is 0 Å². The molecule has 3 unspecified atom stereocenters. The van der Waals surface area contributed by atoms with E-state index in [-0.39, 0.29) is 13.2 Å². The molecule has 2 aliphatic heterocycles. The molecule has 2 heterocycles. The first-order valence-electron chi connectivity index (χ1n) is 10.6. The van der Waals surface area contributed by atoms with Gasteiger partial charge in [0.2, 0.25) is 0 Å². The standard InChI is InChI=1S/C20H39O9PS/c1-11-15(21)17(28-20(6,7)8)14(27-11)10-25-30(23,31)29-18-13(9-24-19(3,4)5)26-12(2)16(18)22/h11-18,21-22H,9-10H2,1-8H3,(H,23,31)/t11-,12-,13+,14+,15+,16+,17?,18?,30?/m0/s1. The van der Waals surface area contributed by atoms with Crippen molar-refractivity contribution in [2.75, 3.05) is 13.2 Å². The summed E-state index contributed by atoms with van der Waals surface area (Å²) < 4.78 is 34.3. The highest BCUT2D eigenvalue weighted by Crippen LogP contribution is 2.48. The second-order valence-corrected chi connectivity index (χ2v) is 13.0. The first kappa shape index (κ1) is 27.5. The number of hydrogen-bond donors (Lipinski definition) is 3. The van der Waals surface area contributed by atoms with Crippen LogP contribution in [-0.2, 0) is 39.8 Å². The number of aliphatic hydroxyl groups excluding tert-OH is 2. The molecule has 2 saturated heterocycles. The molecule has 9 atom stereocenters. The maximum Gasteiger partial charge on any atom is 0.325 e. The summed E-state index contributed by atoms with van der Waals surface area (Å²) in [7, 11) is 0. The van der Waals surface area contributed by atoms with Crippen molar-refractivity contribution < 1.29 is 43.1 Å². The lowest BCUT2D eigenvalue weighted by Gasteiger charge is -2.31. The molecule has 0 spiro atoms. The molecule has 31 heavy (non-hydrogen) atoms. The molecule has 3 N–H and O–H groups in total. The summed E-state index contributed by atoms with van der Waals surface area (Å²) in [5.41, 5.74) is -0.908. The molecule has 184 valence electrons. The smallest absolute Gasteiger partial charge is 0.325 e. The van der Waals surface area contributed by atoms with Crippen LogP contribution in [0.1, 0.15) is 55.4 Å². The van der Waals surface area contributed by atoms with Gasteiger partial charge in [-0.05, 0) is 67.2 Å². The largest absolute Gasteiger partial charge is 0.388 e. The van der Waals surface area contributed by atoms with Crippen molar-refractivity contribution in [1.29, 1.82) is 0 Å². The molecule has 0 aromatic heterocycles. The number of aliphatic hydroxyl groups is 2. The zero-order valence-corrected chi connectivity index (χ0v) is 21.4. The van der Waals surface area contributed by atoms with Crippen LogP contribution in [0, 0.1) is 0 Å². The van der Waals surface area contributed by atoms with Crippen LogP contribution < -0.4 is 0 Å². The average molecular weight is 487 g/mol. The Bertz CT molecular complexity index is 635. The molecule has 2 fully saturated rings. The first-order valence-corrected chi connectivity index (χ1v) is 13.2. The van der Waals surface area contributed by atoms with Crippen molar-refractivity contribution in [1.82, 2.24) is 0 Å². The maximum absolute atomic E-state index is 10.7. The summed E-state index contributed by atoms with van der Waals surface area (Å²) >= 11 is 5.18. The van der Waals surface area contributed by atoms with Crippen LogP contribution in [0.3, 0.4) is 0 Å². The topological polar surface area (TPSA) is 116 Å². The van der Waals surface area contributed by atoms with Crippen LogP contribution in [0.2, 0.25) is 0 Å². The van der Waals surface area contributed by atoms with E-state index in [4.69, 9.17) is 39.8 Å². The zero-order valence-electron chi connectivity index (χ0n) is 19.7. The summed E-state index contributed by atoms with van der Waals surface area (Å²) in [6.07, 6.45) is -5.57. The van der Waals surface area contributed by atoms with Crippen LogP contribution in [0.15, 0.2) is 0 Å². The van der Waals surface area contributed by atoms with Crippen molar-refractivity contribution >= 4 is 18.5 Å². The fourth-order valence-electron chi connectivity index (χ4n) is 3.48. The highest BCUT2D eigenvalue weighted by atomic mass is 32.5. The minimum atomic E-state index is -3.76. The lowest BCUT2D eigenvalue weighted by Crippen LogP contribution is -2.42. The highest BCUT2D eigenvalue weighted by molar-refractivity contribution is 8.07. The molecule has 0 amide bonds. The Labute approximate surface area is 190 Å². The minimum absolute atomic E-state index is 0.127. The Morgan fingerprint density at radius 1 is 0.839 bits per heavy atom. The third-order valence-electron chi connectivity index (χ3n) is 4.97. The van der Waals surface area contributed by atoms with Gasteiger partial charge in [0.15, 0.2) is 0 Å². The Kier molecular flexibility index (Phi) is 9.13. The third-order valence-corrected chi connectivity index (χ3v) is 6.53. The summed E-state index contributed by atoms with van der Waals surface area (Å²) in [5.74, 6) is 0. The van der Waals surface area contributed by atoms with Gasteiger partial charge in [-0.1, -0.05) is 0 Å². The van der Waals surface area contributed by atoms with E-state index in [1.165, 1.54) is 0 Å². The minimum Gasteiger partial charge on any atom is -0.388 e. The third kappa shape index (κ3) is 8.22. The van der Waals surface area contributed by atoms with Gasteiger partial charge < -0.3 is 38.6 Å². The zero-order chi connectivity index (χ0) is 23.8. The van der Waals surface area contributed by atoms with Crippen molar-refractivity contribution in [3.63, 3.8) is 0 Å². The maximum atomic E-state index is 10.7. The van der Waals surface area contributed by atoms with Gasteiger partial charge in [0.1, 0.15) is 36.6 Å². The second kappa shape index (κ2) is 10.3. The van der Waals surface area contributed by atoms with E-state index in [9.17, 15) is 15.1 Å². The van der Waals surface area contributed by atoms with Crippen LogP contribution in [0.5, 0.6) is 0 Å². The van der Waals surface area contributed by atoms with E-state index in [0.29, 0.717) is 0 Å². The van der Waals surface area contributed by atoms with Gasteiger partial charge in [-0.15, -0.1) is 0 Å². The molecule has 0 aromatic carbocycles. The fraction of sp³-hybridized carbons (Fsp3) is 1.00. The first-order chi connectivity index (χ1) is 14.0. The van der Waals surface area contributed by atoms with E-state index in [2.05, 4.69) is 0 Å². The lowest BCUT2D eigenvalue weighted by molar-refractivity contribution is -0.119. The molecule has 9 nitrogen and oxygen atoms in total. The molecule has 0 radical (unpaired) electrons. The van der Waals surface area contributed by atoms with Crippen molar-refractivity contribution in [3.05, 3.63) is 0 Å². The monoisotopic (exact) mass is 486 g/mol. The predicted octanol–water partition coefficient (Wildman–Crippen LogP) is 1.90. The average Bonchev–Trinajstić information content (AvgIpc) is 3.01. The number of rotatable bonds is 8. The van der Waals surface area contributed by atoms with Gasteiger partial charge in [0, 0.05) is 0 Å². The lowest BCUT2D eigenvalue weighted by atomic mass is 10.1. The molecule has 0 aliphatic carbocycles. The summed E-state index contributed by atoms with van der Waals surface area (Å²) in [6, 6.07) is 0. The summed E-state index contributed by atoms with van der Waals surface area (Å²) in [4.78, 5) is 10.7. The summed E-state index contributed by atoms with van der Waals surface area (Å²) in [6.45, 7) is 11.1. The van der Waals surface area contributed by atoms with Crippen molar-refractivity contribution in [3.8, 4) is 0 Å². The molecule has 0 saturated carbocycles. The van der Waals surface area contributed by atoms with Crippen LogP contribution >= 0.6 is 6.72 Å². The molecule has 0 bridgehead atoms. The number of hydrogen-bond acceptors (Lipinski definition) is 9. The second-order valence-electron chi connectivity index (χ2n) is 10.2. The van der Waals surface area contributed by atoms with Gasteiger partial charge in [-0.25, -0.2) is 0 Å². The Hall–Kier alpha value is 0.290. The number of ether oxygens (including phenoxy) is 4. The van der Waals surface area contributed by atoms with Gasteiger partial charge in [-0.2, -0.15) is 0 Å². The van der Waals surface area contributed by atoms with E-state index >= 15 is 0 Å². The van der Waals surface area contributed by atoms with Crippen molar-refractivity contribution in [2.24, 2.45) is 0 Å². The van der Waals surface area contributed by atoms with E-state index < -0.39 is 66.8 Å². The Morgan fingerprint density at radius 2 is 1.32 bits per heavy atom. The molecular weight excluding hydrogens is 447 g/mol. The molecule has 11 heteroatoms. The van der Waals surface area contributed by atoms with Crippen LogP contribution in [-0.4, -0.2) is 88.4 Å².